The van der Waals surface area contributed by atoms with Crippen LogP contribution in [0.2, 0.25) is 0 Å². The summed E-state index contributed by atoms with van der Waals surface area (Å²) in [6, 6.07) is 9.94. The van der Waals surface area contributed by atoms with Crippen LogP contribution in [0.25, 0.3) is 10.7 Å². The monoisotopic (exact) mass is 401 g/mol. The molecule has 2 aromatic heterocycles. The molecule has 3 N–H and O–H groups in total. The molecular weight excluding hydrogens is 378 g/mol. The maximum Gasteiger partial charge on any atom is 0.237 e. The Morgan fingerprint density at radius 3 is 2.67 bits per heavy atom. The number of thiophene rings is 1. The van der Waals surface area contributed by atoms with E-state index in [4.69, 9.17) is 5.84 Å². The van der Waals surface area contributed by atoms with Gasteiger partial charge in [-0.3, -0.25) is 4.79 Å². The smallest absolute Gasteiger partial charge is 0.237 e. The summed E-state index contributed by atoms with van der Waals surface area (Å²) in [6.45, 7) is 8.08. The average molecular weight is 402 g/mol. The summed E-state index contributed by atoms with van der Waals surface area (Å²) in [7, 11) is 0. The lowest BCUT2D eigenvalue weighted by Gasteiger charge is -2.18. The number of benzene rings is 1. The van der Waals surface area contributed by atoms with E-state index < -0.39 is 0 Å². The summed E-state index contributed by atoms with van der Waals surface area (Å²) < 4.78 is 1.44. The van der Waals surface area contributed by atoms with Gasteiger partial charge in [0.2, 0.25) is 11.1 Å². The van der Waals surface area contributed by atoms with Crippen molar-refractivity contribution >= 4 is 34.7 Å². The molecule has 1 aromatic carbocycles. The number of para-hydroxylation sites is 1. The number of nitrogens with zero attached hydrogens (tertiary/aromatic N) is 3. The molecule has 0 spiro atoms. The Kier molecular flexibility index (Phi) is 5.86. The third kappa shape index (κ3) is 4.17. The van der Waals surface area contributed by atoms with E-state index in [2.05, 4.69) is 35.4 Å². The number of carbonyl (C=O) groups is 1. The number of hydrogen-bond acceptors (Lipinski definition) is 6. The van der Waals surface area contributed by atoms with Gasteiger partial charge in [-0.25, -0.2) is 4.68 Å². The van der Waals surface area contributed by atoms with E-state index in [-0.39, 0.29) is 11.2 Å². The first-order valence-corrected chi connectivity index (χ1v) is 10.5. The van der Waals surface area contributed by atoms with Crippen LogP contribution in [0.5, 0.6) is 0 Å². The van der Waals surface area contributed by atoms with Crippen LogP contribution in [-0.2, 0) is 4.79 Å². The van der Waals surface area contributed by atoms with Gasteiger partial charge in [-0.1, -0.05) is 49.9 Å². The normalized spacial score (nSPS) is 12.3. The third-order valence-electron chi connectivity index (χ3n) is 4.23. The second-order valence-electron chi connectivity index (χ2n) is 6.60. The van der Waals surface area contributed by atoms with Gasteiger partial charge in [0.25, 0.3) is 0 Å². The number of amides is 1. The molecule has 3 aromatic rings. The van der Waals surface area contributed by atoms with E-state index in [1.165, 1.54) is 16.4 Å². The fourth-order valence-corrected chi connectivity index (χ4v) is 4.19. The van der Waals surface area contributed by atoms with Crippen molar-refractivity contribution in [3.63, 3.8) is 0 Å². The van der Waals surface area contributed by atoms with Crippen LogP contribution in [0.15, 0.2) is 40.9 Å². The van der Waals surface area contributed by atoms with Gasteiger partial charge >= 0.3 is 0 Å². The summed E-state index contributed by atoms with van der Waals surface area (Å²) in [5.74, 6) is 6.96. The molecule has 0 aliphatic rings. The summed E-state index contributed by atoms with van der Waals surface area (Å²) in [5.41, 5.74) is 3.06. The van der Waals surface area contributed by atoms with Crippen LogP contribution in [0.3, 0.4) is 0 Å². The van der Waals surface area contributed by atoms with Crippen LogP contribution in [0.1, 0.15) is 37.8 Å². The van der Waals surface area contributed by atoms with E-state index in [9.17, 15) is 4.79 Å². The second-order valence-corrected chi connectivity index (χ2v) is 8.85. The lowest BCUT2D eigenvalue weighted by Crippen LogP contribution is -2.25. The van der Waals surface area contributed by atoms with Crippen LogP contribution in [0, 0.1) is 6.92 Å². The first-order valence-electron chi connectivity index (χ1n) is 8.70. The van der Waals surface area contributed by atoms with E-state index in [0.29, 0.717) is 16.9 Å². The Labute approximate surface area is 167 Å². The zero-order valence-electron chi connectivity index (χ0n) is 15.8. The number of nitrogen functional groups attached to an aromatic ring is 1. The zero-order valence-corrected chi connectivity index (χ0v) is 17.4. The summed E-state index contributed by atoms with van der Waals surface area (Å²) >= 11 is 2.84. The maximum atomic E-state index is 12.8. The number of anilines is 1. The highest BCUT2D eigenvalue weighted by Gasteiger charge is 2.22. The molecule has 0 saturated carbocycles. The van der Waals surface area contributed by atoms with Gasteiger partial charge in [0, 0.05) is 5.69 Å². The highest BCUT2D eigenvalue weighted by Crippen LogP contribution is 2.30. The van der Waals surface area contributed by atoms with E-state index in [1.54, 1.807) is 11.3 Å². The van der Waals surface area contributed by atoms with Gasteiger partial charge in [0.05, 0.1) is 10.1 Å². The molecule has 2 heterocycles. The maximum absolute atomic E-state index is 12.8. The van der Waals surface area contributed by atoms with E-state index in [1.807, 2.05) is 43.5 Å². The third-order valence-corrected chi connectivity index (χ3v) is 6.16. The van der Waals surface area contributed by atoms with Gasteiger partial charge in [-0.2, -0.15) is 0 Å². The molecule has 1 unspecified atom stereocenters. The van der Waals surface area contributed by atoms with Gasteiger partial charge in [0.1, 0.15) is 0 Å². The average Bonchev–Trinajstić information content (AvgIpc) is 3.27. The number of rotatable bonds is 6. The van der Waals surface area contributed by atoms with Crippen molar-refractivity contribution in [3.8, 4) is 10.7 Å². The van der Waals surface area contributed by atoms with Gasteiger partial charge in [-0.05, 0) is 42.3 Å². The van der Waals surface area contributed by atoms with Crippen molar-refractivity contribution in [1.82, 2.24) is 14.9 Å². The number of nitrogens with two attached hydrogens (primary N) is 1. The number of carbonyl (C=O) groups excluding carboxylic acids is 1. The minimum Gasteiger partial charge on any atom is -0.335 e. The molecule has 0 radical (unpaired) electrons. The lowest BCUT2D eigenvalue weighted by molar-refractivity contribution is -0.115. The molecular formula is C19H23N5OS2. The number of aromatic nitrogens is 3. The molecule has 6 nitrogen and oxygen atoms in total. The Balaban J connectivity index is 1.74. The molecule has 1 amide bonds. The van der Waals surface area contributed by atoms with Crippen molar-refractivity contribution in [2.24, 2.45) is 0 Å². The van der Waals surface area contributed by atoms with Crippen molar-refractivity contribution in [1.29, 1.82) is 0 Å². The second kappa shape index (κ2) is 8.14. The number of nitrogens with one attached hydrogen (secondary N) is 1. The molecule has 0 aliphatic heterocycles. The molecule has 8 heteroatoms. The van der Waals surface area contributed by atoms with Crippen molar-refractivity contribution < 1.29 is 4.79 Å². The zero-order chi connectivity index (χ0) is 19.6. The molecule has 0 bridgehead atoms. The first kappa shape index (κ1) is 19.4. The van der Waals surface area contributed by atoms with Crippen molar-refractivity contribution in [2.75, 3.05) is 11.2 Å². The first-order chi connectivity index (χ1) is 12.9. The highest BCUT2D eigenvalue weighted by molar-refractivity contribution is 8.00. The topological polar surface area (TPSA) is 85.8 Å². The molecule has 0 fully saturated rings. The highest BCUT2D eigenvalue weighted by atomic mass is 32.2. The van der Waals surface area contributed by atoms with Gasteiger partial charge < -0.3 is 11.2 Å². The Bertz CT molecular complexity index is 934. The summed E-state index contributed by atoms with van der Waals surface area (Å²) in [5, 5.41) is 13.5. The van der Waals surface area contributed by atoms with Crippen LogP contribution < -0.4 is 11.2 Å². The molecule has 1 atom stereocenters. The SMILES string of the molecule is Cc1cccc(C(C)C)c1NC(=O)C(C)Sc1nnc(-c2cccs2)n1N. The quantitative estimate of drug-likeness (QED) is 0.476. The number of thioether (sulfide) groups is 1. The summed E-state index contributed by atoms with van der Waals surface area (Å²) in [6.07, 6.45) is 0. The standard InChI is InChI=1S/C19H23N5OS2/c1-11(2)14-8-5-7-12(3)16(14)21-18(25)13(4)27-19-23-22-17(24(19)20)15-9-6-10-26-15/h5-11,13H,20H2,1-4H3,(H,21,25). The molecule has 142 valence electrons. The Hall–Kier alpha value is -2.32. The van der Waals surface area contributed by atoms with Gasteiger partial charge in [0.15, 0.2) is 5.82 Å². The fraction of sp³-hybridized carbons (Fsp3) is 0.316. The number of hydrogen-bond donors (Lipinski definition) is 2. The Morgan fingerprint density at radius 2 is 2.00 bits per heavy atom. The summed E-state index contributed by atoms with van der Waals surface area (Å²) in [4.78, 5) is 13.7. The predicted molar refractivity (Wildman–Crippen MR) is 113 cm³/mol. The minimum atomic E-state index is -0.368. The number of aryl methyl sites for hydroxylation is 1. The Morgan fingerprint density at radius 1 is 1.22 bits per heavy atom. The van der Waals surface area contributed by atoms with Crippen molar-refractivity contribution in [2.45, 2.75) is 44.0 Å². The fourth-order valence-electron chi connectivity index (χ4n) is 2.71. The largest absolute Gasteiger partial charge is 0.335 e. The molecule has 0 aliphatic carbocycles. The van der Waals surface area contributed by atoms with Crippen LogP contribution in [0.4, 0.5) is 5.69 Å². The van der Waals surface area contributed by atoms with E-state index >= 15 is 0 Å². The molecule has 0 saturated heterocycles. The van der Waals surface area contributed by atoms with E-state index in [0.717, 1.165) is 21.7 Å². The van der Waals surface area contributed by atoms with Crippen LogP contribution >= 0.6 is 23.1 Å². The van der Waals surface area contributed by atoms with Gasteiger partial charge in [-0.15, -0.1) is 21.5 Å². The molecule has 27 heavy (non-hydrogen) atoms. The predicted octanol–water partition coefficient (Wildman–Crippen LogP) is 4.27. The van der Waals surface area contributed by atoms with Crippen LogP contribution in [-0.4, -0.2) is 26.0 Å². The van der Waals surface area contributed by atoms with Crippen molar-refractivity contribution in [3.05, 3.63) is 46.8 Å². The molecule has 3 rings (SSSR count). The lowest BCUT2D eigenvalue weighted by atomic mass is 9.98. The minimum absolute atomic E-state index is 0.0862.